The first-order valence-corrected chi connectivity index (χ1v) is 11.3. The zero-order valence-electron chi connectivity index (χ0n) is 20.3. The molecule has 0 aliphatic rings. The standard InChI is InChI=1S/C20H39N9O5/c1-14(2)12-16(27-15(3)30)20(33)28-17(13-18(31)24-7-6-23-5-4-21)19(32)25-8-10-34-11-9-26-29-22/h14,16-17,23H,4-13,21H2,1-3H3,(H,24,31)(H,25,32)(H,27,30)(H,28,33)/t16-,17+/m1/s1. The van der Waals surface area contributed by atoms with Crippen molar-refractivity contribution in [3.63, 3.8) is 0 Å². The van der Waals surface area contributed by atoms with E-state index >= 15 is 0 Å². The highest BCUT2D eigenvalue weighted by atomic mass is 16.5. The summed E-state index contributed by atoms with van der Waals surface area (Å²) in [6.07, 6.45) is 0.0957. The van der Waals surface area contributed by atoms with Gasteiger partial charge in [-0.05, 0) is 17.9 Å². The molecule has 0 aromatic rings. The number of carbonyl (C=O) groups is 4. The summed E-state index contributed by atoms with van der Waals surface area (Å²) >= 11 is 0. The molecule has 14 nitrogen and oxygen atoms in total. The third-order valence-corrected chi connectivity index (χ3v) is 4.31. The fourth-order valence-electron chi connectivity index (χ4n) is 2.83. The summed E-state index contributed by atoms with van der Waals surface area (Å²) in [5, 5.41) is 16.8. The van der Waals surface area contributed by atoms with E-state index in [0.29, 0.717) is 32.6 Å². The van der Waals surface area contributed by atoms with Gasteiger partial charge < -0.3 is 37.1 Å². The number of azide groups is 1. The average molecular weight is 486 g/mol. The van der Waals surface area contributed by atoms with Gasteiger partial charge in [-0.2, -0.15) is 0 Å². The third-order valence-electron chi connectivity index (χ3n) is 4.31. The Labute approximate surface area is 200 Å². The minimum absolute atomic E-state index is 0.113. The van der Waals surface area contributed by atoms with Crippen LogP contribution >= 0.6 is 0 Å². The van der Waals surface area contributed by atoms with E-state index in [1.807, 2.05) is 13.8 Å². The summed E-state index contributed by atoms with van der Waals surface area (Å²) in [7, 11) is 0. The van der Waals surface area contributed by atoms with E-state index in [9.17, 15) is 19.2 Å². The van der Waals surface area contributed by atoms with E-state index in [1.165, 1.54) is 6.92 Å². The average Bonchev–Trinajstić information content (AvgIpc) is 2.76. The van der Waals surface area contributed by atoms with Crippen LogP contribution in [0.15, 0.2) is 5.11 Å². The lowest BCUT2D eigenvalue weighted by Crippen LogP contribution is -2.55. The highest BCUT2D eigenvalue weighted by molar-refractivity contribution is 5.94. The predicted molar refractivity (Wildman–Crippen MR) is 126 cm³/mol. The topological polar surface area (TPSA) is 212 Å². The van der Waals surface area contributed by atoms with Crippen molar-refractivity contribution in [2.45, 2.75) is 45.7 Å². The van der Waals surface area contributed by atoms with Crippen molar-refractivity contribution < 1.29 is 23.9 Å². The molecule has 34 heavy (non-hydrogen) atoms. The maximum absolute atomic E-state index is 12.8. The molecule has 14 heteroatoms. The Balaban J connectivity index is 4.99. The zero-order valence-corrected chi connectivity index (χ0v) is 20.3. The molecule has 2 atom stereocenters. The minimum atomic E-state index is -1.14. The summed E-state index contributed by atoms with van der Waals surface area (Å²) in [4.78, 5) is 51.9. The number of rotatable bonds is 19. The van der Waals surface area contributed by atoms with Crippen molar-refractivity contribution >= 4 is 23.6 Å². The SMILES string of the molecule is CC(=O)N[C@H](CC(C)C)C(=O)N[C@@H](CC(=O)NCCNCCN)C(=O)NCCOCCN=[N+]=[N-]. The van der Waals surface area contributed by atoms with Gasteiger partial charge in [-0.1, -0.05) is 19.0 Å². The molecule has 0 aromatic carbocycles. The normalized spacial score (nSPS) is 12.3. The van der Waals surface area contributed by atoms with E-state index in [0.717, 1.165) is 0 Å². The Morgan fingerprint density at radius 3 is 2.32 bits per heavy atom. The highest BCUT2D eigenvalue weighted by Gasteiger charge is 2.28. The second-order valence-corrected chi connectivity index (χ2v) is 7.89. The Kier molecular flexibility index (Phi) is 17.8. The van der Waals surface area contributed by atoms with Crippen molar-refractivity contribution in [3.8, 4) is 0 Å². The van der Waals surface area contributed by atoms with Crippen molar-refractivity contribution in [3.05, 3.63) is 10.4 Å². The number of nitrogens with zero attached hydrogens (tertiary/aromatic N) is 3. The smallest absolute Gasteiger partial charge is 0.243 e. The van der Waals surface area contributed by atoms with Crippen LogP contribution in [0.1, 0.15) is 33.6 Å². The second kappa shape index (κ2) is 19.5. The molecule has 0 unspecified atom stereocenters. The molecule has 0 saturated carbocycles. The second-order valence-electron chi connectivity index (χ2n) is 7.89. The van der Waals surface area contributed by atoms with Gasteiger partial charge in [0.15, 0.2) is 0 Å². The first kappa shape index (κ1) is 31.1. The van der Waals surface area contributed by atoms with Crippen LogP contribution < -0.4 is 32.3 Å². The van der Waals surface area contributed by atoms with Gasteiger partial charge >= 0.3 is 0 Å². The maximum Gasteiger partial charge on any atom is 0.243 e. The van der Waals surface area contributed by atoms with Gasteiger partial charge in [0.05, 0.1) is 19.6 Å². The number of nitrogens with two attached hydrogens (primary N) is 1. The number of amides is 4. The highest BCUT2D eigenvalue weighted by Crippen LogP contribution is 2.06. The van der Waals surface area contributed by atoms with Gasteiger partial charge in [0.25, 0.3) is 0 Å². The summed E-state index contributed by atoms with van der Waals surface area (Å²) in [5.41, 5.74) is 13.6. The Morgan fingerprint density at radius 1 is 0.971 bits per heavy atom. The lowest BCUT2D eigenvalue weighted by molar-refractivity contribution is -0.134. The number of nitrogens with one attached hydrogen (secondary N) is 5. The largest absolute Gasteiger partial charge is 0.379 e. The molecule has 0 aliphatic heterocycles. The third kappa shape index (κ3) is 16.7. The van der Waals surface area contributed by atoms with Crippen LogP contribution in [0.5, 0.6) is 0 Å². The molecular formula is C20H39N9O5. The van der Waals surface area contributed by atoms with Crippen LogP contribution in [0, 0.1) is 5.92 Å². The minimum Gasteiger partial charge on any atom is -0.379 e. The van der Waals surface area contributed by atoms with Crippen LogP contribution in [-0.4, -0.2) is 88.2 Å². The molecule has 0 bridgehead atoms. The van der Waals surface area contributed by atoms with Crippen molar-refractivity contribution in [1.29, 1.82) is 0 Å². The molecule has 0 fully saturated rings. The molecule has 0 radical (unpaired) electrons. The van der Waals surface area contributed by atoms with E-state index in [4.69, 9.17) is 16.0 Å². The number of carbonyl (C=O) groups excluding carboxylic acids is 4. The van der Waals surface area contributed by atoms with E-state index < -0.39 is 29.8 Å². The molecule has 0 heterocycles. The molecule has 0 aliphatic carbocycles. The number of hydrogen-bond donors (Lipinski definition) is 6. The van der Waals surface area contributed by atoms with Gasteiger partial charge in [0.1, 0.15) is 12.1 Å². The molecule has 194 valence electrons. The van der Waals surface area contributed by atoms with Crippen LogP contribution in [-0.2, 0) is 23.9 Å². The zero-order chi connectivity index (χ0) is 25.8. The molecular weight excluding hydrogens is 446 g/mol. The van der Waals surface area contributed by atoms with Crippen LogP contribution in [0.2, 0.25) is 0 Å². The summed E-state index contributed by atoms with van der Waals surface area (Å²) in [6, 6.07) is -1.98. The van der Waals surface area contributed by atoms with Gasteiger partial charge in [-0.3, -0.25) is 19.2 Å². The van der Waals surface area contributed by atoms with E-state index in [-0.39, 0.29) is 44.5 Å². The first-order valence-electron chi connectivity index (χ1n) is 11.3. The molecule has 0 saturated heterocycles. The molecule has 7 N–H and O–H groups in total. The molecule has 4 amide bonds. The van der Waals surface area contributed by atoms with Gasteiger partial charge in [0, 0.05) is 51.1 Å². The quantitative estimate of drug-likeness (QED) is 0.0552. The number of hydrogen-bond acceptors (Lipinski definition) is 8. The molecule has 0 aromatic heterocycles. The molecule has 0 spiro atoms. The first-order chi connectivity index (χ1) is 16.2. The van der Waals surface area contributed by atoms with Gasteiger partial charge in [-0.15, -0.1) is 0 Å². The fraction of sp³-hybridized carbons (Fsp3) is 0.800. The number of ether oxygens (including phenoxy) is 1. The summed E-state index contributed by atoms with van der Waals surface area (Å²) in [6.45, 7) is 7.71. The van der Waals surface area contributed by atoms with Crippen LogP contribution in [0.25, 0.3) is 10.4 Å². The van der Waals surface area contributed by atoms with E-state index in [1.54, 1.807) is 0 Å². The summed E-state index contributed by atoms with van der Waals surface area (Å²) in [5.74, 6) is -1.79. The Bertz CT molecular complexity index is 683. The van der Waals surface area contributed by atoms with Crippen LogP contribution in [0.4, 0.5) is 0 Å². The lowest BCUT2D eigenvalue weighted by Gasteiger charge is -2.23. The Hall–Kier alpha value is -2.93. The maximum atomic E-state index is 12.8. The van der Waals surface area contributed by atoms with E-state index in [2.05, 4.69) is 36.6 Å². The van der Waals surface area contributed by atoms with Crippen LogP contribution in [0.3, 0.4) is 0 Å². The fourth-order valence-corrected chi connectivity index (χ4v) is 2.83. The molecule has 0 rings (SSSR count). The predicted octanol–water partition coefficient (Wildman–Crippen LogP) is -1.48. The van der Waals surface area contributed by atoms with Crippen molar-refractivity contribution in [1.82, 2.24) is 26.6 Å². The van der Waals surface area contributed by atoms with Crippen molar-refractivity contribution in [2.24, 2.45) is 16.8 Å². The summed E-state index contributed by atoms with van der Waals surface area (Å²) < 4.78 is 5.23. The van der Waals surface area contributed by atoms with Gasteiger partial charge in [0.2, 0.25) is 23.6 Å². The Morgan fingerprint density at radius 2 is 1.71 bits per heavy atom. The van der Waals surface area contributed by atoms with Crippen molar-refractivity contribution in [2.75, 3.05) is 52.5 Å². The lowest BCUT2D eigenvalue weighted by atomic mass is 10.0. The monoisotopic (exact) mass is 485 g/mol. The van der Waals surface area contributed by atoms with Gasteiger partial charge in [-0.25, -0.2) is 0 Å².